The summed E-state index contributed by atoms with van der Waals surface area (Å²) >= 11 is 0. The second-order valence-corrected chi connectivity index (χ2v) is 6.89. The summed E-state index contributed by atoms with van der Waals surface area (Å²) in [6.07, 6.45) is 4.43. The van der Waals surface area contributed by atoms with Crippen molar-refractivity contribution in [2.45, 2.75) is 45.1 Å². The minimum Gasteiger partial charge on any atom is -0.329 e. The van der Waals surface area contributed by atoms with Gasteiger partial charge in [-0.1, -0.05) is 12.8 Å². The van der Waals surface area contributed by atoms with E-state index in [2.05, 4.69) is 4.72 Å². The Hall–Kier alpha value is -0.130. The molecule has 0 saturated heterocycles. The molecular weight excluding hydrogens is 212 g/mol. The molecule has 1 rings (SSSR count). The predicted molar refractivity (Wildman–Crippen MR) is 62.0 cm³/mol. The molecule has 1 fully saturated rings. The second-order valence-electron chi connectivity index (χ2n) is 5.12. The van der Waals surface area contributed by atoms with Crippen LogP contribution < -0.4 is 10.5 Å². The van der Waals surface area contributed by atoms with Gasteiger partial charge in [0.25, 0.3) is 0 Å². The molecule has 0 aromatic rings. The molecule has 0 bridgehead atoms. The van der Waals surface area contributed by atoms with Crippen molar-refractivity contribution in [3.63, 3.8) is 0 Å². The average Bonchev–Trinajstić information content (AvgIpc) is 2.54. The highest BCUT2D eigenvalue weighted by molar-refractivity contribution is 7.89. The quantitative estimate of drug-likeness (QED) is 0.740. The predicted octanol–water partition coefficient (Wildman–Crippen LogP) is 0.833. The molecule has 4 nitrogen and oxygen atoms in total. The van der Waals surface area contributed by atoms with E-state index in [1.54, 1.807) is 13.8 Å². The topological polar surface area (TPSA) is 72.2 Å². The Kier molecular flexibility index (Phi) is 4.14. The van der Waals surface area contributed by atoms with Crippen molar-refractivity contribution in [2.75, 3.05) is 12.3 Å². The van der Waals surface area contributed by atoms with E-state index in [-0.39, 0.29) is 5.75 Å². The van der Waals surface area contributed by atoms with Crippen molar-refractivity contribution in [1.82, 2.24) is 4.72 Å². The monoisotopic (exact) mass is 234 g/mol. The zero-order valence-electron chi connectivity index (χ0n) is 9.62. The van der Waals surface area contributed by atoms with Gasteiger partial charge in [-0.05, 0) is 32.6 Å². The van der Waals surface area contributed by atoms with Crippen LogP contribution in [0.4, 0.5) is 0 Å². The zero-order chi connectivity index (χ0) is 11.5. The Morgan fingerprint density at radius 1 is 1.33 bits per heavy atom. The summed E-state index contributed by atoms with van der Waals surface area (Å²) in [6, 6.07) is 0. The van der Waals surface area contributed by atoms with Gasteiger partial charge in [0.15, 0.2) is 0 Å². The smallest absolute Gasteiger partial charge is 0.212 e. The Balaban J connectivity index is 2.51. The molecular formula is C10H22N2O2S. The molecule has 0 aromatic heterocycles. The fraction of sp³-hybridized carbons (Fsp3) is 1.00. The average molecular weight is 234 g/mol. The molecule has 3 N–H and O–H groups in total. The highest BCUT2D eigenvalue weighted by Crippen LogP contribution is 2.25. The number of nitrogens with two attached hydrogens (primary N) is 1. The molecule has 15 heavy (non-hydrogen) atoms. The molecule has 0 aliphatic heterocycles. The molecule has 0 atom stereocenters. The Morgan fingerprint density at radius 2 is 1.87 bits per heavy atom. The lowest BCUT2D eigenvalue weighted by Crippen LogP contribution is -2.50. The van der Waals surface area contributed by atoms with E-state index in [1.807, 2.05) is 0 Å². The van der Waals surface area contributed by atoms with E-state index in [1.165, 1.54) is 12.8 Å². The fourth-order valence-electron chi connectivity index (χ4n) is 1.99. The Morgan fingerprint density at radius 3 is 2.33 bits per heavy atom. The van der Waals surface area contributed by atoms with Gasteiger partial charge in [0.05, 0.1) is 5.75 Å². The third-order valence-corrected chi connectivity index (χ3v) is 4.65. The van der Waals surface area contributed by atoms with Crippen LogP contribution in [-0.2, 0) is 10.0 Å². The van der Waals surface area contributed by atoms with Gasteiger partial charge in [0, 0.05) is 12.1 Å². The van der Waals surface area contributed by atoms with E-state index in [9.17, 15) is 8.42 Å². The third kappa shape index (κ3) is 4.49. The van der Waals surface area contributed by atoms with Crippen LogP contribution in [0.2, 0.25) is 0 Å². The van der Waals surface area contributed by atoms with Crippen LogP contribution in [0, 0.1) is 5.92 Å². The van der Waals surface area contributed by atoms with Gasteiger partial charge in [-0.3, -0.25) is 0 Å². The molecule has 1 aliphatic carbocycles. The van der Waals surface area contributed by atoms with Crippen LogP contribution in [0.5, 0.6) is 0 Å². The SMILES string of the molecule is CC(C)(CN)NS(=O)(=O)CC1CCCC1. The van der Waals surface area contributed by atoms with Gasteiger partial charge in [0.1, 0.15) is 0 Å². The van der Waals surface area contributed by atoms with Gasteiger partial charge in [-0.2, -0.15) is 0 Å². The first-order valence-electron chi connectivity index (χ1n) is 5.56. The summed E-state index contributed by atoms with van der Waals surface area (Å²) in [7, 11) is -3.16. The lowest BCUT2D eigenvalue weighted by atomic mass is 10.1. The largest absolute Gasteiger partial charge is 0.329 e. The van der Waals surface area contributed by atoms with Crippen LogP contribution in [0.3, 0.4) is 0 Å². The number of nitrogens with one attached hydrogen (secondary N) is 1. The summed E-state index contributed by atoms with van der Waals surface area (Å²) in [4.78, 5) is 0. The van der Waals surface area contributed by atoms with Crippen molar-refractivity contribution in [3.05, 3.63) is 0 Å². The van der Waals surface area contributed by atoms with E-state index < -0.39 is 15.6 Å². The van der Waals surface area contributed by atoms with Crippen LogP contribution in [0.25, 0.3) is 0 Å². The molecule has 5 heteroatoms. The first kappa shape index (κ1) is 12.9. The first-order chi connectivity index (χ1) is 6.85. The summed E-state index contributed by atoms with van der Waals surface area (Å²) < 4.78 is 26.2. The summed E-state index contributed by atoms with van der Waals surface area (Å²) in [5.41, 5.74) is 4.96. The first-order valence-corrected chi connectivity index (χ1v) is 7.21. The van der Waals surface area contributed by atoms with Gasteiger partial charge in [-0.15, -0.1) is 0 Å². The van der Waals surface area contributed by atoms with Crippen LogP contribution in [0.1, 0.15) is 39.5 Å². The van der Waals surface area contributed by atoms with Gasteiger partial charge >= 0.3 is 0 Å². The maximum atomic E-state index is 11.8. The third-order valence-electron chi connectivity index (χ3n) is 2.87. The standard InChI is InChI=1S/C10H22N2O2S/c1-10(2,8-11)12-15(13,14)7-9-5-3-4-6-9/h9,12H,3-8,11H2,1-2H3. The van der Waals surface area contributed by atoms with Crippen molar-refractivity contribution >= 4 is 10.0 Å². The maximum absolute atomic E-state index is 11.8. The summed E-state index contributed by atoms with van der Waals surface area (Å²) in [5.74, 6) is 0.604. The molecule has 1 aliphatic rings. The summed E-state index contributed by atoms with van der Waals surface area (Å²) in [5, 5.41) is 0. The van der Waals surface area contributed by atoms with E-state index in [0.29, 0.717) is 12.5 Å². The Bertz CT molecular complexity index is 293. The number of sulfonamides is 1. The molecule has 1 saturated carbocycles. The highest BCUT2D eigenvalue weighted by atomic mass is 32.2. The summed E-state index contributed by atoms with van der Waals surface area (Å²) in [6.45, 7) is 3.93. The van der Waals surface area contributed by atoms with Crippen LogP contribution in [0.15, 0.2) is 0 Å². The molecule has 0 amide bonds. The van der Waals surface area contributed by atoms with Gasteiger partial charge in [-0.25, -0.2) is 13.1 Å². The van der Waals surface area contributed by atoms with Crippen LogP contribution >= 0.6 is 0 Å². The normalized spacial score (nSPS) is 19.7. The van der Waals surface area contributed by atoms with Crippen LogP contribution in [-0.4, -0.2) is 26.3 Å². The molecule has 90 valence electrons. The van der Waals surface area contributed by atoms with Gasteiger partial charge in [0.2, 0.25) is 10.0 Å². The van der Waals surface area contributed by atoms with E-state index in [4.69, 9.17) is 5.73 Å². The van der Waals surface area contributed by atoms with Crippen molar-refractivity contribution < 1.29 is 8.42 Å². The lowest BCUT2D eigenvalue weighted by molar-refractivity contribution is 0.456. The fourth-order valence-corrected chi connectivity index (χ4v) is 3.95. The van der Waals surface area contributed by atoms with E-state index in [0.717, 1.165) is 12.8 Å². The van der Waals surface area contributed by atoms with Crippen molar-refractivity contribution in [1.29, 1.82) is 0 Å². The molecule has 0 unspecified atom stereocenters. The minimum absolute atomic E-state index is 0.260. The van der Waals surface area contributed by atoms with Crippen molar-refractivity contribution in [3.8, 4) is 0 Å². The number of hydrogen-bond donors (Lipinski definition) is 2. The van der Waals surface area contributed by atoms with Gasteiger partial charge < -0.3 is 5.73 Å². The number of rotatable bonds is 5. The minimum atomic E-state index is -3.16. The van der Waals surface area contributed by atoms with Crippen molar-refractivity contribution in [2.24, 2.45) is 11.7 Å². The molecule has 0 spiro atoms. The maximum Gasteiger partial charge on any atom is 0.212 e. The van der Waals surface area contributed by atoms with E-state index >= 15 is 0 Å². The molecule has 0 heterocycles. The lowest BCUT2D eigenvalue weighted by Gasteiger charge is -2.24. The number of hydrogen-bond acceptors (Lipinski definition) is 3. The molecule has 0 radical (unpaired) electrons. The Labute approximate surface area is 92.7 Å². The highest BCUT2D eigenvalue weighted by Gasteiger charge is 2.27. The second kappa shape index (κ2) is 4.80. The zero-order valence-corrected chi connectivity index (χ0v) is 10.4. The molecule has 0 aromatic carbocycles.